The van der Waals surface area contributed by atoms with Crippen LogP contribution in [-0.4, -0.2) is 48.7 Å². The maximum atomic E-state index is 12.6. The van der Waals surface area contributed by atoms with E-state index < -0.39 is 0 Å². The number of piperazine rings is 1. The maximum absolute atomic E-state index is 12.6. The average molecular weight is 403 g/mol. The minimum absolute atomic E-state index is 0.107. The summed E-state index contributed by atoms with van der Waals surface area (Å²) in [6.45, 7) is 4.40. The molecule has 0 atom stereocenters. The average Bonchev–Trinajstić information content (AvgIpc) is 3.10. The van der Waals surface area contributed by atoms with Gasteiger partial charge in [-0.3, -0.25) is 9.69 Å². The van der Waals surface area contributed by atoms with E-state index in [2.05, 4.69) is 26.9 Å². The van der Waals surface area contributed by atoms with Crippen molar-refractivity contribution >= 4 is 21.8 Å². The number of carbonyl (C=O) groups excluding carboxylic acids is 1. The molecule has 130 valence electrons. The molecule has 6 heteroatoms. The minimum Gasteiger partial charge on any atom is -0.454 e. The van der Waals surface area contributed by atoms with E-state index >= 15 is 0 Å². The van der Waals surface area contributed by atoms with E-state index in [9.17, 15) is 4.79 Å². The summed E-state index contributed by atoms with van der Waals surface area (Å²) in [5.74, 6) is 1.74. The lowest BCUT2D eigenvalue weighted by molar-refractivity contribution is 0.0628. The molecule has 2 heterocycles. The standard InChI is InChI=1S/C19H19BrN2O3/c20-16-4-2-15(3-5-16)19(23)22-9-7-21(8-10-22)12-14-1-6-17-18(11-14)25-13-24-17/h1-6,11H,7-10,12-13H2. The predicted molar refractivity (Wildman–Crippen MR) is 97.9 cm³/mol. The number of nitrogens with zero attached hydrogens (tertiary/aromatic N) is 2. The fourth-order valence-corrected chi connectivity index (χ4v) is 3.45. The van der Waals surface area contributed by atoms with Crippen LogP contribution < -0.4 is 9.47 Å². The first-order chi connectivity index (χ1) is 12.2. The van der Waals surface area contributed by atoms with Gasteiger partial charge in [-0.05, 0) is 42.0 Å². The van der Waals surface area contributed by atoms with Crippen LogP contribution in [-0.2, 0) is 6.54 Å². The zero-order chi connectivity index (χ0) is 17.2. The summed E-state index contributed by atoms with van der Waals surface area (Å²) in [5, 5.41) is 0. The summed E-state index contributed by atoms with van der Waals surface area (Å²) in [4.78, 5) is 16.9. The summed E-state index contributed by atoms with van der Waals surface area (Å²) in [6.07, 6.45) is 0. The highest BCUT2D eigenvalue weighted by molar-refractivity contribution is 9.10. The summed E-state index contributed by atoms with van der Waals surface area (Å²) in [5.41, 5.74) is 1.95. The van der Waals surface area contributed by atoms with Crippen LogP contribution in [0.15, 0.2) is 46.9 Å². The second-order valence-corrected chi connectivity index (χ2v) is 7.18. The van der Waals surface area contributed by atoms with Gasteiger partial charge in [0.05, 0.1) is 0 Å². The first kappa shape index (κ1) is 16.4. The zero-order valence-electron chi connectivity index (χ0n) is 13.8. The number of hydrogen-bond donors (Lipinski definition) is 0. The van der Waals surface area contributed by atoms with E-state index in [1.807, 2.05) is 41.3 Å². The molecular formula is C19H19BrN2O3. The van der Waals surface area contributed by atoms with E-state index in [0.717, 1.165) is 54.3 Å². The summed E-state index contributed by atoms with van der Waals surface area (Å²) < 4.78 is 11.8. The summed E-state index contributed by atoms with van der Waals surface area (Å²) in [6, 6.07) is 13.6. The Morgan fingerprint density at radius 3 is 2.44 bits per heavy atom. The lowest BCUT2D eigenvalue weighted by atomic mass is 10.1. The van der Waals surface area contributed by atoms with Crippen molar-refractivity contribution in [1.82, 2.24) is 9.80 Å². The predicted octanol–water partition coefficient (Wildman–Crippen LogP) is 3.14. The van der Waals surface area contributed by atoms with Crippen LogP contribution in [0.3, 0.4) is 0 Å². The van der Waals surface area contributed by atoms with Gasteiger partial charge in [0.2, 0.25) is 6.79 Å². The Hall–Kier alpha value is -2.05. The van der Waals surface area contributed by atoms with Gasteiger partial charge >= 0.3 is 0 Å². The molecular weight excluding hydrogens is 384 g/mol. The quantitative estimate of drug-likeness (QED) is 0.790. The smallest absolute Gasteiger partial charge is 0.253 e. The van der Waals surface area contributed by atoms with E-state index in [1.54, 1.807) is 0 Å². The van der Waals surface area contributed by atoms with Crippen LogP contribution in [0.5, 0.6) is 11.5 Å². The normalized spacial score (nSPS) is 16.9. The Bertz CT molecular complexity index is 771. The van der Waals surface area contributed by atoms with Crippen molar-refractivity contribution in [1.29, 1.82) is 0 Å². The van der Waals surface area contributed by atoms with Crippen molar-refractivity contribution in [3.63, 3.8) is 0 Å². The third-order valence-electron chi connectivity index (χ3n) is 4.59. The third kappa shape index (κ3) is 3.65. The van der Waals surface area contributed by atoms with Crippen molar-refractivity contribution in [2.75, 3.05) is 33.0 Å². The molecule has 2 aromatic rings. The van der Waals surface area contributed by atoms with Crippen LogP contribution in [0.25, 0.3) is 0 Å². The molecule has 1 amide bonds. The molecule has 0 N–H and O–H groups in total. The van der Waals surface area contributed by atoms with E-state index in [-0.39, 0.29) is 5.91 Å². The molecule has 1 saturated heterocycles. The van der Waals surface area contributed by atoms with Crippen molar-refractivity contribution in [2.24, 2.45) is 0 Å². The van der Waals surface area contributed by atoms with Crippen molar-refractivity contribution in [3.8, 4) is 11.5 Å². The lowest BCUT2D eigenvalue weighted by Crippen LogP contribution is -2.48. The SMILES string of the molecule is O=C(c1ccc(Br)cc1)N1CCN(Cc2ccc3c(c2)OCO3)CC1. The van der Waals surface area contributed by atoms with Gasteiger partial charge in [-0.1, -0.05) is 22.0 Å². The number of rotatable bonds is 3. The molecule has 0 aliphatic carbocycles. The largest absolute Gasteiger partial charge is 0.454 e. The molecule has 0 radical (unpaired) electrons. The Morgan fingerprint density at radius 1 is 0.960 bits per heavy atom. The Kier molecular flexibility index (Phi) is 4.63. The fourth-order valence-electron chi connectivity index (χ4n) is 3.18. The van der Waals surface area contributed by atoms with Gasteiger partial charge in [0.25, 0.3) is 5.91 Å². The number of hydrogen-bond acceptors (Lipinski definition) is 4. The molecule has 0 saturated carbocycles. The number of benzene rings is 2. The van der Waals surface area contributed by atoms with E-state index in [0.29, 0.717) is 6.79 Å². The van der Waals surface area contributed by atoms with Crippen molar-refractivity contribution < 1.29 is 14.3 Å². The highest BCUT2D eigenvalue weighted by Crippen LogP contribution is 2.32. The third-order valence-corrected chi connectivity index (χ3v) is 5.12. The minimum atomic E-state index is 0.107. The molecule has 25 heavy (non-hydrogen) atoms. The van der Waals surface area contributed by atoms with Gasteiger partial charge in [0.1, 0.15) is 0 Å². The molecule has 5 nitrogen and oxygen atoms in total. The van der Waals surface area contributed by atoms with Crippen LogP contribution in [0.4, 0.5) is 0 Å². The van der Waals surface area contributed by atoms with Crippen LogP contribution >= 0.6 is 15.9 Å². The molecule has 0 spiro atoms. The summed E-state index contributed by atoms with van der Waals surface area (Å²) >= 11 is 3.40. The fraction of sp³-hybridized carbons (Fsp3) is 0.316. The first-order valence-electron chi connectivity index (χ1n) is 8.35. The van der Waals surface area contributed by atoms with Crippen LogP contribution in [0, 0.1) is 0 Å². The Morgan fingerprint density at radius 2 is 1.68 bits per heavy atom. The van der Waals surface area contributed by atoms with Gasteiger partial charge in [-0.15, -0.1) is 0 Å². The highest BCUT2D eigenvalue weighted by Gasteiger charge is 2.22. The van der Waals surface area contributed by atoms with Gasteiger partial charge in [0, 0.05) is 42.8 Å². The summed E-state index contributed by atoms with van der Waals surface area (Å²) in [7, 11) is 0. The molecule has 1 fully saturated rings. The number of amides is 1. The molecule has 0 bridgehead atoms. The van der Waals surface area contributed by atoms with Gasteiger partial charge in [-0.25, -0.2) is 0 Å². The first-order valence-corrected chi connectivity index (χ1v) is 9.14. The van der Waals surface area contributed by atoms with Crippen molar-refractivity contribution in [2.45, 2.75) is 6.54 Å². The monoisotopic (exact) mass is 402 g/mol. The maximum Gasteiger partial charge on any atom is 0.253 e. The second-order valence-electron chi connectivity index (χ2n) is 6.26. The van der Waals surface area contributed by atoms with Crippen molar-refractivity contribution in [3.05, 3.63) is 58.1 Å². The Balaban J connectivity index is 1.33. The molecule has 0 unspecified atom stereocenters. The Labute approximate surface area is 155 Å². The highest BCUT2D eigenvalue weighted by atomic mass is 79.9. The molecule has 2 aliphatic heterocycles. The second kappa shape index (κ2) is 7.06. The molecule has 2 aliphatic rings. The molecule has 0 aromatic heterocycles. The molecule has 4 rings (SSSR count). The topological polar surface area (TPSA) is 42.0 Å². The van der Waals surface area contributed by atoms with Gasteiger partial charge < -0.3 is 14.4 Å². The van der Waals surface area contributed by atoms with Crippen LogP contribution in [0.1, 0.15) is 15.9 Å². The van der Waals surface area contributed by atoms with E-state index in [1.165, 1.54) is 5.56 Å². The van der Waals surface area contributed by atoms with E-state index in [4.69, 9.17) is 9.47 Å². The molecule has 2 aromatic carbocycles. The van der Waals surface area contributed by atoms with Gasteiger partial charge in [-0.2, -0.15) is 0 Å². The zero-order valence-corrected chi connectivity index (χ0v) is 15.4. The lowest BCUT2D eigenvalue weighted by Gasteiger charge is -2.34. The van der Waals surface area contributed by atoms with Gasteiger partial charge in [0.15, 0.2) is 11.5 Å². The number of fused-ring (bicyclic) bond motifs is 1. The number of halogens is 1. The van der Waals surface area contributed by atoms with Crippen LogP contribution in [0.2, 0.25) is 0 Å². The number of carbonyl (C=O) groups is 1. The number of ether oxygens (including phenoxy) is 2.